The first-order chi connectivity index (χ1) is 4.84. The van der Waals surface area contributed by atoms with Gasteiger partial charge in [0.1, 0.15) is 0 Å². The van der Waals surface area contributed by atoms with E-state index in [2.05, 4.69) is 6.58 Å². The molecule has 0 heterocycles. The van der Waals surface area contributed by atoms with Crippen LogP contribution in [0.5, 0.6) is 0 Å². The van der Waals surface area contributed by atoms with E-state index in [9.17, 15) is 0 Å². The average Bonchev–Trinajstić information content (AvgIpc) is 2.05. The number of rotatable bonds is 2. The van der Waals surface area contributed by atoms with Crippen molar-refractivity contribution < 1.29 is 5.11 Å². The standard InChI is InChI=1S/C9H10O/c1-2-9(10)8-6-4-3-5-7-8/h2-7,9-10H,1H2/p+1. The Morgan fingerprint density at radius 1 is 1.30 bits per heavy atom. The monoisotopic (exact) mass is 135 g/mol. The van der Waals surface area contributed by atoms with Crippen molar-refractivity contribution in [1.82, 2.24) is 0 Å². The Morgan fingerprint density at radius 3 is 2.40 bits per heavy atom. The molecular formula is C9H11O+. The molecular weight excluding hydrogens is 124 g/mol. The van der Waals surface area contributed by atoms with Crippen LogP contribution in [0.2, 0.25) is 0 Å². The van der Waals surface area contributed by atoms with Crippen molar-refractivity contribution in [2.24, 2.45) is 0 Å². The molecule has 0 radical (unpaired) electrons. The molecule has 1 unspecified atom stereocenters. The van der Waals surface area contributed by atoms with Crippen molar-refractivity contribution in [2.75, 3.05) is 0 Å². The third-order valence-corrected chi connectivity index (χ3v) is 1.39. The minimum Gasteiger partial charge on any atom is -0.437 e. The highest BCUT2D eigenvalue weighted by Gasteiger charge is 2.03. The second-order valence-corrected chi connectivity index (χ2v) is 2.12. The summed E-state index contributed by atoms with van der Waals surface area (Å²) < 4.78 is 0. The van der Waals surface area contributed by atoms with Crippen molar-refractivity contribution in [3.63, 3.8) is 0 Å². The molecule has 1 aromatic carbocycles. The molecule has 10 heavy (non-hydrogen) atoms. The Bertz CT molecular complexity index is 203. The average molecular weight is 135 g/mol. The summed E-state index contributed by atoms with van der Waals surface area (Å²) in [7, 11) is 0. The lowest BCUT2D eigenvalue weighted by atomic mass is 10.1. The highest BCUT2D eigenvalue weighted by molar-refractivity contribution is 5.19. The van der Waals surface area contributed by atoms with E-state index < -0.39 is 0 Å². The smallest absolute Gasteiger partial charge is 0.198 e. The van der Waals surface area contributed by atoms with Crippen LogP contribution in [-0.4, -0.2) is 5.11 Å². The normalized spacial score (nSPS) is 12.5. The fourth-order valence-corrected chi connectivity index (χ4v) is 0.796. The molecule has 1 atom stereocenters. The van der Waals surface area contributed by atoms with Crippen molar-refractivity contribution >= 4 is 0 Å². The molecule has 1 nitrogen and oxygen atoms in total. The van der Waals surface area contributed by atoms with Crippen molar-refractivity contribution in [2.45, 2.75) is 6.10 Å². The predicted octanol–water partition coefficient (Wildman–Crippen LogP) is 1.64. The fourth-order valence-electron chi connectivity index (χ4n) is 0.796. The molecule has 0 saturated carbocycles. The third kappa shape index (κ3) is 1.45. The van der Waals surface area contributed by atoms with E-state index in [1.54, 1.807) is 6.08 Å². The van der Waals surface area contributed by atoms with Gasteiger partial charge in [-0.2, -0.15) is 0 Å². The molecule has 1 aromatic rings. The van der Waals surface area contributed by atoms with Crippen LogP contribution in [0.3, 0.4) is 0 Å². The van der Waals surface area contributed by atoms with E-state index in [1.165, 1.54) is 0 Å². The highest BCUT2D eigenvalue weighted by atomic mass is 16.3. The lowest BCUT2D eigenvalue weighted by Crippen LogP contribution is -1.90. The minimum absolute atomic E-state index is 0.277. The predicted molar refractivity (Wildman–Crippen MR) is 43.0 cm³/mol. The van der Waals surface area contributed by atoms with Gasteiger partial charge in [-0.25, -0.2) is 0 Å². The molecule has 0 saturated heterocycles. The van der Waals surface area contributed by atoms with Gasteiger partial charge in [0.25, 0.3) is 0 Å². The fraction of sp³-hybridized carbons (Fsp3) is 0.111. The first kappa shape index (κ1) is 7.03. The quantitative estimate of drug-likeness (QED) is 0.434. The second kappa shape index (κ2) is 3.18. The molecule has 0 aliphatic heterocycles. The van der Waals surface area contributed by atoms with Gasteiger partial charge in [0.15, 0.2) is 6.10 Å². The minimum atomic E-state index is -0.277. The highest BCUT2D eigenvalue weighted by Crippen LogP contribution is 2.11. The zero-order valence-corrected chi connectivity index (χ0v) is 5.75. The summed E-state index contributed by atoms with van der Waals surface area (Å²) in [4.78, 5) is 0. The third-order valence-electron chi connectivity index (χ3n) is 1.39. The van der Waals surface area contributed by atoms with Crippen LogP contribution in [0, 0.1) is 0 Å². The Labute approximate surface area is 60.6 Å². The number of hydrogen-bond donors (Lipinski definition) is 0. The van der Waals surface area contributed by atoms with E-state index in [0.29, 0.717) is 0 Å². The van der Waals surface area contributed by atoms with Crippen LogP contribution in [-0.2, 0) is 0 Å². The van der Waals surface area contributed by atoms with Gasteiger partial charge in [-0.1, -0.05) is 36.9 Å². The molecule has 0 aliphatic carbocycles. The summed E-state index contributed by atoms with van der Waals surface area (Å²) in [6.07, 6.45) is 1.34. The van der Waals surface area contributed by atoms with Crippen LogP contribution >= 0.6 is 0 Å². The van der Waals surface area contributed by atoms with Crippen molar-refractivity contribution in [1.29, 1.82) is 0 Å². The summed E-state index contributed by atoms with van der Waals surface area (Å²) in [6, 6.07) is 9.67. The van der Waals surface area contributed by atoms with Crippen LogP contribution < -0.4 is 0 Å². The summed E-state index contributed by atoms with van der Waals surface area (Å²) in [5.41, 5.74) is 0.998. The van der Waals surface area contributed by atoms with Crippen LogP contribution in [0.15, 0.2) is 43.0 Å². The Hall–Kier alpha value is -1.08. The summed E-state index contributed by atoms with van der Waals surface area (Å²) >= 11 is 0. The van der Waals surface area contributed by atoms with Gasteiger partial charge in [-0.05, 0) is 6.08 Å². The summed E-state index contributed by atoms with van der Waals surface area (Å²) in [5.74, 6) is 0. The molecule has 52 valence electrons. The van der Waals surface area contributed by atoms with Gasteiger partial charge in [0.05, 0.1) is 0 Å². The molecule has 1 heteroatoms. The van der Waals surface area contributed by atoms with E-state index in [1.807, 2.05) is 30.3 Å². The molecule has 2 N–H and O–H groups in total. The summed E-state index contributed by atoms with van der Waals surface area (Å²) in [6.45, 7) is 3.55. The Kier molecular flexibility index (Phi) is 2.24. The van der Waals surface area contributed by atoms with Crippen molar-refractivity contribution in [3.8, 4) is 0 Å². The van der Waals surface area contributed by atoms with Crippen LogP contribution in [0.1, 0.15) is 11.7 Å². The molecule has 0 amide bonds. The van der Waals surface area contributed by atoms with Gasteiger partial charge >= 0.3 is 0 Å². The van der Waals surface area contributed by atoms with Gasteiger partial charge in [-0.15, -0.1) is 0 Å². The molecule has 0 aromatic heterocycles. The molecule has 1 rings (SSSR count). The zero-order valence-electron chi connectivity index (χ0n) is 5.75. The maximum absolute atomic E-state index is 7.44. The van der Waals surface area contributed by atoms with E-state index >= 15 is 0 Å². The molecule has 0 aliphatic rings. The maximum Gasteiger partial charge on any atom is 0.198 e. The van der Waals surface area contributed by atoms with Gasteiger partial charge < -0.3 is 5.11 Å². The Balaban J connectivity index is 2.84. The largest absolute Gasteiger partial charge is 0.437 e. The van der Waals surface area contributed by atoms with Gasteiger partial charge in [0, 0.05) is 5.56 Å². The van der Waals surface area contributed by atoms with Crippen LogP contribution in [0.4, 0.5) is 0 Å². The SMILES string of the molecule is C=CC([OH2+])c1ccccc1. The first-order valence-electron chi connectivity index (χ1n) is 3.23. The molecule has 0 spiro atoms. The second-order valence-electron chi connectivity index (χ2n) is 2.12. The summed E-state index contributed by atoms with van der Waals surface area (Å²) in [5, 5.41) is 7.44. The van der Waals surface area contributed by atoms with E-state index in [4.69, 9.17) is 5.11 Å². The van der Waals surface area contributed by atoms with Gasteiger partial charge in [0.2, 0.25) is 0 Å². The molecule has 0 bridgehead atoms. The topological polar surface area (TPSA) is 22.9 Å². The zero-order chi connectivity index (χ0) is 7.40. The maximum atomic E-state index is 7.44. The van der Waals surface area contributed by atoms with Gasteiger partial charge in [-0.3, -0.25) is 0 Å². The van der Waals surface area contributed by atoms with Crippen molar-refractivity contribution in [3.05, 3.63) is 48.6 Å². The lowest BCUT2D eigenvalue weighted by molar-refractivity contribution is 0.229. The first-order valence-corrected chi connectivity index (χ1v) is 3.23. The van der Waals surface area contributed by atoms with Crippen LogP contribution in [0.25, 0.3) is 0 Å². The molecule has 0 fully saturated rings. The van der Waals surface area contributed by atoms with E-state index in [0.717, 1.165) is 5.56 Å². The number of benzene rings is 1. The lowest BCUT2D eigenvalue weighted by Gasteiger charge is -1.98. The Morgan fingerprint density at radius 2 is 1.90 bits per heavy atom. The van der Waals surface area contributed by atoms with E-state index in [-0.39, 0.29) is 6.10 Å². The number of hydrogen-bond acceptors (Lipinski definition) is 0.